The van der Waals surface area contributed by atoms with Gasteiger partial charge >= 0.3 is 29.6 Å². The molecular weight excluding hydrogens is 307 g/mol. The Morgan fingerprint density at radius 1 is 0.864 bits per heavy atom. The fourth-order valence-corrected chi connectivity index (χ4v) is 3.08. The van der Waals surface area contributed by atoms with Crippen molar-refractivity contribution in [2.45, 2.75) is 84.0 Å². The molecule has 0 bridgehead atoms. The molecule has 0 aliphatic heterocycles. The van der Waals surface area contributed by atoms with Crippen LogP contribution in [0.2, 0.25) is 0 Å². The smallest absolute Gasteiger partial charge is 1.00 e. The van der Waals surface area contributed by atoms with Gasteiger partial charge in [0.1, 0.15) is 0 Å². The average Bonchev–Trinajstić information content (AvgIpc) is 2.44. The van der Waals surface area contributed by atoms with Gasteiger partial charge in [-0.25, -0.2) is 0 Å². The normalized spacial score (nSPS) is 11.1. The third-order valence-electron chi connectivity index (χ3n) is 3.58. The second kappa shape index (κ2) is 18.0. The van der Waals surface area contributed by atoms with E-state index in [2.05, 4.69) is 13.5 Å². The van der Waals surface area contributed by atoms with Crippen molar-refractivity contribution in [2.75, 3.05) is 12.4 Å². The van der Waals surface area contributed by atoms with E-state index < -0.39 is 10.1 Å². The molecule has 0 aromatic rings. The van der Waals surface area contributed by atoms with Crippen molar-refractivity contribution >= 4 is 10.1 Å². The van der Waals surface area contributed by atoms with Crippen molar-refractivity contribution in [3.05, 3.63) is 12.7 Å². The van der Waals surface area contributed by atoms with Gasteiger partial charge in [-0.05, 0) is 6.42 Å². The van der Waals surface area contributed by atoms with Crippen molar-refractivity contribution in [1.29, 1.82) is 0 Å². The minimum absolute atomic E-state index is 0. The molecule has 0 rings (SSSR count). The Balaban J connectivity index is -0.00000200. The zero-order valence-corrected chi connectivity index (χ0v) is 17.6. The van der Waals surface area contributed by atoms with Gasteiger partial charge < -0.3 is 1.43 Å². The first-order valence-electron chi connectivity index (χ1n) is 8.60. The topological polar surface area (TPSA) is 43.4 Å². The molecule has 22 heavy (non-hydrogen) atoms. The molecule has 0 spiro atoms. The number of hydrogen-bond acceptors (Lipinski definition) is 3. The van der Waals surface area contributed by atoms with Gasteiger partial charge in [0.05, 0.1) is 12.4 Å². The van der Waals surface area contributed by atoms with E-state index in [0.717, 1.165) is 12.8 Å². The predicted molar refractivity (Wildman–Crippen MR) is 92.1 cm³/mol. The van der Waals surface area contributed by atoms with Gasteiger partial charge in [-0.3, -0.25) is 4.18 Å². The number of hydrogen-bond donors (Lipinski definition) is 0. The standard InChI is InChI=1S/C17H34O3S.Na.H/c1-3-5-6-7-8-9-10-11-12-13-14-15-16-20-21(18,19)17-4-2;;/h4H,2-3,5-17H2,1H3;;/q;+1;-1. The largest absolute Gasteiger partial charge is 1.00 e. The summed E-state index contributed by atoms with van der Waals surface area (Å²) in [5.74, 6) is -0.0920. The molecule has 0 aliphatic rings. The van der Waals surface area contributed by atoms with E-state index in [1.165, 1.54) is 70.3 Å². The van der Waals surface area contributed by atoms with Gasteiger partial charge in [0.2, 0.25) is 0 Å². The van der Waals surface area contributed by atoms with E-state index >= 15 is 0 Å². The molecule has 0 fully saturated rings. The fraction of sp³-hybridized carbons (Fsp3) is 0.882. The minimum atomic E-state index is -3.36. The van der Waals surface area contributed by atoms with Crippen molar-refractivity contribution in [1.82, 2.24) is 0 Å². The summed E-state index contributed by atoms with van der Waals surface area (Å²) in [6, 6.07) is 0. The number of unbranched alkanes of at least 4 members (excludes halogenated alkanes) is 11. The van der Waals surface area contributed by atoms with Crippen LogP contribution in [-0.2, 0) is 14.3 Å². The van der Waals surface area contributed by atoms with Gasteiger partial charge in [0, 0.05) is 0 Å². The summed E-state index contributed by atoms with van der Waals surface area (Å²) < 4.78 is 27.3. The third kappa shape index (κ3) is 18.7. The quantitative estimate of drug-likeness (QED) is 0.187. The molecule has 3 nitrogen and oxygen atoms in total. The van der Waals surface area contributed by atoms with Crippen LogP contribution in [-0.4, -0.2) is 20.8 Å². The molecule has 0 unspecified atom stereocenters. The SMILES string of the molecule is C=CCS(=O)(=O)OCCCCCCCCCCCCCC.[H-].[Na+]. The van der Waals surface area contributed by atoms with Crippen LogP contribution in [0, 0.1) is 0 Å². The molecular formula is C17H35NaO3S. The van der Waals surface area contributed by atoms with E-state index in [9.17, 15) is 8.42 Å². The molecule has 0 atom stereocenters. The molecule has 0 heterocycles. The summed E-state index contributed by atoms with van der Waals surface area (Å²) in [6.45, 7) is 5.96. The molecule has 0 amide bonds. The summed E-state index contributed by atoms with van der Waals surface area (Å²) in [5, 5.41) is 0. The zero-order chi connectivity index (χ0) is 15.8. The Labute approximate surface area is 162 Å². The molecule has 0 saturated carbocycles. The maximum absolute atomic E-state index is 11.2. The van der Waals surface area contributed by atoms with Crippen molar-refractivity contribution < 1.29 is 43.6 Å². The molecule has 5 heteroatoms. The Kier molecular flexibility index (Phi) is 20.4. The zero-order valence-electron chi connectivity index (χ0n) is 15.8. The second-order valence-electron chi connectivity index (χ2n) is 5.72. The van der Waals surface area contributed by atoms with E-state index in [-0.39, 0.29) is 36.7 Å². The van der Waals surface area contributed by atoms with Crippen LogP contribution in [0.1, 0.15) is 85.4 Å². The molecule has 0 saturated heterocycles. The van der Waals surface area contributed by atoms with Crippen LogP contribution in [0.5, 0.6) is 0 Å². The Morgan fingerprint density at radius 2 is 1.27 bits per heavy atom. The molecule has 0 aromatic heterocycles. The van der Waals surface area contributed by atoms with Gasteiger partial charge in [-0.15, -0.1) is 6.58 Å². The van der Waals surface area contributed by atoms with Crippen LogP contribution < -0.4 is 29.6 Å². The Morgan fingerprint density at radius 3 is 1.68 bits per heavy atom. The van der Waals surface area contributed by atoms with Crippen LogP contribution in [0.25, 0.3) is 0 Å². The summed E-state index contributed by atoms with van der Waals surface area (Å²) in [5.41, 5.74) is 0. The van der Waals surface area contributed by atoms with E-state index in [0.29, 0.717) is 6.61 Å². The third-order valence-corrected chi connectivity index (χ3v) is 4.75. The predicted octanol–water partition coefficient (Wildman–Crippen LogP) is 2.34. The van der Waals surface area contributed by atoms with Crippen LogP contribution >= 0.6 is 0 Å². The van der Waals surface area contributed by atoms with E-state index in [4.69, 9.17) is 4.18 Å². The Bertz CT molecular complexity index is 335. The van der Waals surface area contributed by atoms with Crippen LogP contribution in [0.15, 0.2) is 12.7 Å². The monoisotopic (exact) mass is 342 g/mol. The maximum Gasteiger partial charge on any atom is 1.00 e. The molecule has 0 aromatic carbocycles. The summed E-state index contributed by atoms with van der Waals surface area (Å²) in [7, 11) is -3.36. The fourth-order valence-electron chi connectivity index (χ4n) is 2.32. The van der Waals surface area contributed by atoms with Gasteiger partial charge in [0.25, 0.3) is 10.1 Å². The first-order chi connectivity index (χ1) is 10.1. The first kappa shape index (κ1) is 24.9. The summed E-state index contributed by atoms with van der Waals surface area (Å²) in [4.78, 5) is 0. The maximum atomic E-state index is 11.2. The molecule has 0 radical (unpaired) electrons. The molecule has 128 valence electrons. The number of rotatable bonds is 16. The van der Waals surface area contributed by atoms with Gasteiger partial charge in [-0.2, -0.15) is 8.42 Å². The molecule has 0 N–H and O–H groups in total. The van der Waals surface area contributed by atoms with Crippen molar-refractivity contribution in [3.8, 4) is 0 Å². The van der Waals surface area contributed by atoms with Gasteiger partial charge in [0.15, 0.2) is 0 Å². The second-order valence-corrected chi connectivity index (χ2v) is 7.41. The minimum Gasteiger partial charge on any atom is -1.00 e. The van der Waals surface area contributed by atoms with Crippen molar-refractivity contribution in [2.24, 2.45) is 0 Å². The average molecular weight is 343 g/mol. The van der Waals surface area contributed by atoms with Crippen LogP contribution in [0.3, 0.4) is 0 Å². The van der Waals surface area contributed by atoms with Gasteiger partial charge in [-0.1, -0.05) is 83.6 Å². The van der Waals surface area contributed by atoms with E-state index in [1.54, 1.807) is 0 Å². The van der Waals surface area contributed by atoms with E-state index in [1.807, 2.05) is 0 Å². The molecule has 0 aliphatic carbocycles. The Hall–Kier alpha value is 0.650. The summed E-state index contributed by atoms with van der Waals surface area (Å²) in [6.07, 6.45) is 16.6. The first-order valence-corrected chi connectivity index (χ1v) is 10.2. The van der Waals surface area contributed by atoms with Crippen LogP contribution in [0.4, 0.5) is 0 Å². The van der Waals surface area contributed by atoms with Crippen molar-refractivity contribution in [3.63, 3.8) is 0 Å². The summed E-state index contributed by atoms with van der Waals surface area (Å²) >= 11 is 0.